The Morgan fingerprint density at radius 1 is 0.542 bits per heavy atom. The highest BCUT2D eigenvalue weighted by molar-refractivity contribution is 6.21. The van der Waals surface area contributed by atoms with Gasteiger partial charge in [0.05, 0.1) is 17.2 Å². The summed E-state index contributed by atoms with van der Waals surface area (Å²) in [5, 5.41) is 12.1. The first-order valence-electron chi connectivity index (χ1n) is 15.8. The van der Waals surface area contributed by atoms with Crippen LogP contribution in [-0.4, -0.2) is 16.9 Å². The number of benzene rings is 5. The number of hydrogen-bond donors (Lipinski definition) is 2. The Labute approximate surface area is 279 Å². The first kappa shape index (κ1) is 32.3. The molecule has 1 aliphatic rings. The molecule has 244 valence electrons. The van der Waals surface area contributed by atoms with Gasteiger partial charge in [-0.3, -0.25) is 14.9 Å². The lowest BCUT2D eigenvalue weighted by molar-refractivity contribution is 0.0879. The van der Waals surface area contributed by atoms with Crippen LogP contribution in [0.4, 0.5) is 0 Å². The zero-order valence-corrected chi connectivity index (χ0v) is 27.1. The molecule has 0 aromatic heterocycles. The Morgan fingerprint density at radius 3 is 1.65 bits per heavy atom. The lowest BCUT2D eigenvalue weighted by atomic mass is 10.0. The molecule has 0 bridgehead atoms. The van der Waals surface area contributed by atoms with Gasteiger partial charge < -0.3 is 24.1 Å². The van der Waals surface area contributed by atoms with Crippen LogP contribution in [0.2, 0.25) is 0 Å². The Kier molecular flexibility index (Phi) is 9.73. The van der Waals surface area contributed by atoms with Gasteiger partial charge >= 0.3 is 0 Å². The van der Waals surface area contributed by atoms with Gasteiger partial charge in [-0.05, 0) is 114 Å². The summed E-state index contributed by atoms with van der Waals surface area (Å²) in [6.07, 6.45) is -0.485. The van der Waals surface area contributed by atoms with Crippen molar-refractivity contribution in [3.8, 4) is 23.0 Å². The maximum absolute atomic E-state index is 11.9. The predicted octanol–water partition coefficient (Wildman–Crippen LogP) is 7.56. The van der Waals surface area contributed by atoms with Crippen LogP contribution in [0.1, 0.15) is 72.7 Å². The van der Waals surface area contributed by atoms with Gasteiger partial charge in [0, 0.05) is 0 Å². The number of nitrogens with one attached hydrogen (secondary N) is 1. The molecule has 8 nitrogen and oxygen atoms in total. The van der Waals surface area contributed by atoms with E-state index in [0.717, 1.165) is 56.2 Å². The van der Waals surface area contributed by atoms with Crippen molar-refractivity contribution in [2.75, 3.05) is 0 Å². The average molecular weight is 644 g/mol. The smallest absolute Gasteiger partial charge is 0.258 e. The summed E-state index contributed by atoms with van der Waals surface area (Å²) < 4.78 is 24.0. The van der Waals surface area contributed by atoms with Gasteiger partial charge in [0.1, 0.15) is 49.4 Å². The molecule has 0 spiro atoms. The fourth-order valence-electron chi connectivity index (χ4n) is 5.50. The van der Waals surface area contributed by atoms with Crippen molar-refractivity contribution in [1.82, 2.24) is 5.32 Å². The van der Waals surface area contributed by atoms with Crippen LogP contribution < -0.4 is 24.3 Å². The van der Waals surface area contributed by atoms with Crippen molar-refractivity contribution in [2.24, 2.45) is 0 Å². The summed E-state index contributed by atoms with van der Waals surface area (Å²) in [6, 6.07) is 32.4. The topological polar surface area (TPSA) is 103 Å². The van der Waals surface area contributed by atoms with E-state index in [0.29, 0.717) is 36.7 Å². The molecule has 5 aromatic carbocycles. The molecule has 1 aliphatic heterocycles. The van der Waals surface area contributed by atoms with Crippen molar-refractivity contribution >= 4 is 11.8 Å². The van der Waals surface area contributed by atoms with Crippen LogP contribution in [0.3, 0.4) is 0 Å². The molecule has 1 unspecified atom stereocenters. The van der Waals surface area contributed by atoms with Gasteiger partial charge in [-0.2, -0.15) is 0 Å². The fourth-order valence-corrected chi connectivity index (χ4v) is 5.50. The summed E-state index contributed by atoms with van der Waals surface area (Å²) in [4.78, 5) is 23.6. The van der Waals surface area contributed by atoms with Gasteiger partial charge in [0.25, 0.3) is 11.8 Å². The molecule has 2 N–H and O–H groups in total. The highest BCUT2D eigenvalue weighted by Gasteiger charge is 2.26. The third-order valence-corrected chi connectivity index (χ3v) is 8.19. The normalized spacial score (nSPS) is 12.7. The molecule has 48 heavy (non-hydrogen) atoms. The monoisotopic (exact) mass is 643 g/mol. The maximum Gasteiger partial charge on any atom is 0.258 e. The number of aliphatic hydroxyl groups is 1. The van der Waals surface area contributed by atoms with Crippen LogP contribution in [0.15, 0.2) is 103 Å². The summed E-state index contributed by atoms with van der Waals surface area (Å²) in [5.41, 5.74) is 7.60. The van der Waals surface area contributed by atoms with Crippen LogP contribution in [-0.2, 0) is 26.4 Å². The first-order valence-corrected chi connectivity index (χ1v) is 15.8. The summed E-state index contributed by atoms with van der Waals surface area (Å²) >= 11 is 0. The minimum atomic E-state index is -0.485. The van der Waals surface area contributed by atoms with Gasteiger partial charge in [0.2, 0.25) is 0 Å². The Hall–Kier alpha value is -5.60. The molecule has 1 atom stereocenters. The van der Waals surface area contributed by atoms with E-state index < -0.39 is 6.10 Å². The average Bonchev–Trinajstić information content (AvgIpc) is 3.37. The van der Waals surface area contributed by atoms with Gasteiger partial charge in [-0.25, -0.2) is 0 Å². The van der Waals surface area contributed by atoms with E-state index >= 15 is 0 Å². The van der Waals surface area contributed by atoms with Crippen molar-refractivity contribution in [3.63, 3.8) is 0 Å². The number of ether oxygens (including phenoxy) is 4. The second-order valence-electron chi connectivity index (χ2n) is 11.9. The van der Waals surface area contributed by atoms with E-state index in [2.05, 4.69) is 5.32 Å². The highest BCUT2D eigenvalue weighted by Crippen LogP contribution is 2.26. The largest absolute Gasteiger partial charge is 0.489 e. The molecule has 0 fully saturated rings. The standard InChI is InChI=1S/C40H37NO7/c1-25-18-30(8-15-35(25)27(3)42)23-45-32-12-6-29(7-13-32)22-48-38-17-14-34(19-26(38)2)47-21-28-4-10-33(11-5-28)46-24-31-9-16-36-37(20-31)40(44)41-39(36)43/h4-20,27,42H,21-24H2,1-3H3,(H,41,43,44). The van der Waals surface area contributed by atoms with Crippen molar-refractivity contribution in [1.29, 1.82) is 0 Å². The Bertz CT molecular complexity index is 1930. The minimum absolute atomic E-state index is 0.278. The molecule has 0 saturated heterocycles. The molecule has 2 amide bonds. The number of carbonyl (C=O) groups is 2. The van der Waals surface area contributed by atoms with E-state index in [4.69, 9.17) is 18.9 Å². The predicted molar refractivity (Wildman–Crippen MR) is 181 cm³/mol. The molecule has 8 heteroatoms. The number of hydrogen-bond acceptors (Lipinski definition) is 7. The van der Waals surface area contributed by atoms with Gasteiger partial charge in [-0.1, -0.05) is 48.5 Å². The van der Waals surface area contributed by atoms with Gasteiger partial charge in [-0.15, -0.1) is 0 Å². The van der Waals surface area contributed by atoms with E-state index in [1.807, 2.05) is 98.8 Å². The van der Waals surface area contributed by atoms with Crippen LogP contribution in [0.5, 0.6) is 23.0 Å². The lowest BCUT2D eigenvalue weighted by Crippen LogP contribution is -2.19. The number of amides is 2. The van der Waals surface area contributed by atoms with Crippen LogP contribution >= 0.6 is 0 Å². The zero-order valence-electron chi connectivity index (χ0n) is 27.1. The lowest BCUT2D eigenvalue weighted by Gasteiger charge is -2.13. The Morgan fingerprint density at radius 2 is 1.04 bits per heavy atom. The van der Waals surface area contributed by atoms with Crippen molar-refractivity contribution in [2.45, 2.75) is 53.3 Å². The van der Waals surface area contributed by atoms with Crippen LogP contribution in [0, 0.1) is 13.8 Å². The third kappa shape index (κ3) is 7.85. The van der Waals surface area contributed by atoms with Crippen LogP contribution in [0.25, 0.3) is 0 Å². The number of aliphatic hydroxyl groups excluding tert-OH is 1. The molecule has 0 aliphatic carbocycles. The van der Waals surface area contributed by atoms with E-state index in [9.17, 15) is 14.7 Å². The van der Waals surface area contributed by atoms with Crippen molar-refractivity contribution < 1.29 is 33.6 Å². The SMILES string of the molecule is Cc1cc(OCc2ccc(OCc3ccc4c(c3)C(=O)NC4=O)cc2)ccc1OCc1ccc(OCc2ccc(C(C)O)c(C)c2)cc1. The second kappa shape index (κ2) is 14.4. The fraction of sp³-hybridized carbons (Fsp3) is 0.200. The summed E-state index contributed by atoms with van der Waals surface area (Å²) in [7, 11) is 0. The number of aryl methyl sites for hydroxylation is 2. The van der Waals surface area contributed by atoms with E-state index in [-0.39, 0.29) is 18.4 Å². The maximum atomic E-state index is 11.9. The second-order valence-corrected chi connectivity index (χ2v) is 11.9. The van der Waals surface area contributed by atoms with Crippen molar-refractivity contribution in [3.05, 3.63) is 153 Å². The third-order valence-electron chi connectivity index (χ3n) is 8.19. The first-order chi connectivity index (χ1) is 23.2. The molecule has 5 aromatic rings. The highest BCUT2D eigenvalue weighted by atomic mass is 16.5. The number of fused-ring (bicyclic) bond motifs is 1. The number of rotatable bonds is 13. The number of carbonyl (C=O) groups excluding carboxylic acids is 2. The minimum Gasteiger partial charge on any atom is -0.489 e. The molecule has 0 saturated carbocycles. The molecule has 1 heterocycles. The number of imide groups is 1. The summed E-state index contributed by atoms with van der Waals surface area (Å²) in [6.45, 7) is 7.31. The van der Waals surface area contributed by atoms with E-state index in [1.54, 1.807) is 25.1 Å². The molecule has 6 rings (SSSR count). The van der Waals surface area contributed by atoms with E-state index in [1.165, 1.54) is 0 Å². The molecule has 0 radical (unpaired) electrons. The zero-order chi connectivity index (χ0) is 33.6. The Balaban J connectivity index is 0.941. The summed E-state index contributed by atoms with van der Waals surface area (Å²) in [5.74, 6) is 2.26. The van der Waals surface area contributed by atoms with Gasteiger partial charge in [0.15, 0.2) is 0 Å². The quantitative estimate of drug-likeness (QED) is 0.128. The molecular formula is C40H37NO7. The molecular weight excluding hydrogens is 606 g/mol.